The van der Waals surface area contributed by atoms with Gasteiger partial charge in [-0.2, -0.15) is 0 Å². The highest BCUT2D eigenvalue weighted by Crippen LogP contribution is 2.25. The minimum Gasteiger partial charge on any atom is -0.476 e. The summed E-state index contributed by atoms with van der Waals surface area (Å²) in [4.78, 5) is 33.7. The summed E-state index contributed by atoms with van der Waals surface area (Å²) >= 11 is 6.52. The van der Waals surface area contributed by atoms with Crippen molar-refractivity contribution in [1.82, 2.24) is 14.3 Å². The van der Waals surface area contributed by atoms with Gasteiger partial charge in [0.2, 0.25) is 5.90 Å². The Morgan fingerprint density at radius 2 is 2.00 bits per heavy atom. The van der Waals surface area contributed by atoms with Crippen molar-refractivity contribution in [3.8, 4) is 5.69 Å². The van der Waals surface area contributed by atoms with Gasteiger partial charge in [0.1, 0.15) is 23.0 Å². The standard InChI is InChI=1S/C22H15ClFN5O5S2/c23-18-5-6-19(35-18)36(32,33)28-22(31)27-13-2-4-17(15(24)10-13)29-11-26-16-9-12(20-25-7-8-34-20)1-3-14(16)21(29)30/h1-6,9-11H,7-8H2,(H2,27,28,31). The zero-order chi connectivity index (χ0) is 25.4. The number of halogens is 2. The molecule has 184 valence electrons. The van der Waals surface area contributed by atoms with Crippen molar-refractivity contribution in [2.75, 3.05) is 18.5 Å². The van der Waals surface area contributed by atoms with Gasteiger partial charge >= 0.3 is 6.03 Å². The number of sulfonamides is 1. The summed E-state index contributed by atoms with van der Waals surface area (Å²) in [5, 5.41) is 2.51. The smallest absolute Gasteiger partial charge is 0.333 e. The SMILES string of the molecule is O=C(Nc1ccc(-n2cnc3cc(C4=NCCO4)ccc3c2=O)c(F)c1)NS(=O)(=O)c1ccc(Cl)s1. The highest BCUT2D eigenvalue weighted by molar-refractivity contribution is 7.92. The van der Waals surface area contributed by atoms with Crippen LogP contribution >= 0.6 is 22.9 Å². The van der Waals surface area contributed by atoms with Gasteiger partial charge < -0.3 is 10.1 Å². The Hall–Kier alpha value is -3.81. The first kappa shape index (κ1) is 23.9. The Morgan fingerprint density at radius 3 is 2.69 bits per heavy atom. The Bertz CT molecular complexity index is 1720. The van der Waals surface area contributed by atoms with Crippen LogP contribution in [0.15, 0.2) is 68.9 Å². The number of fused-ring (bicyclic) bond motifs is 1. The van der Waals surface area contributed by atoms with Crippen LogP contribution < -0.4 is 15.6 Å². The van der Waals surface area contributed by atoms with Gasteiger partial charge in [-0.1, -0.05) is 11.6 Å². The van der Waals surface area contributed by atoms with E-state index in [4.69, 9.17) is 16.3 Å². The molecule has 10 nitrogen and oxygen atoms in total. The number of hydrogen-bond acceptors (Lipinski definition) is 8. The van der Waals surface area contributed by atoms with E-state index < -0.39 is 27.4 Å². The van der Waals surface area contributed by atoms with Crippen LogP contribution in [0.25, 0.3) is 16.6 Å². The van der Waals surface area contributed by atoms with E-state index in [1.807, 2.05) is 4.72 Å². The molecule has 2 aromatic heterocycles. The second kappa shape index (κ2) is 9.33. The molecule has 3 heterocycles. The molecule has 0 radical (unpaired) electrons. The molecular formula is C22H15ClFN5O5S2. The molecule has 14 heteroatoms. The van der Waals surface area contributed by atoms with Crippen molar-refractivity contribution in [2.24, 2.45) is 4.99 Å². The fourth-order valence-corrected chi connectivity index (χ4v) is 5.88. The number of carbonyl (C=O) groups is 1. The molecular weight excluding hydrogens is 533 g/mol. The molecule has 0 aliphatic carbocycles. The third-order valence-corrected chi connectivity index (χ3v) is 8.15. The first-order valence-electron chi connectivity index (χ1n) is 10.3. The molecule has 0 fully saturated rings. The van der Waals surface area contributed by atoms with Crippen LogP contribution in [0.1, 0.15) is 5.56 Å². The van der Waals surface area contributed by atoms with Crippen LogP contribution in [0.4, 0.5) is 14.9 Å². The van der Waals surface area contributed by atoms with E-state index >= 15 is 0 Å². The summed E-state index contributed by atoms with van der Waals surface area (Å²) < 4.78 is 47.8. The predicted molar refractivity (Wildman–Crippen MR) is 133 cm³/mol. The fraction of sp³-hybridized carbons (Fsp3) is 0.0909. The summed E-state index contributed by atoms with van der Waals surface area (Å²) in [7, 11) is -4.15. The number of urea groups is 1. The van der Waals surface area contributed by atoms with Crippen LogP contribution in [-0.2, 0) is 14.8 Å². The minimum atomic E-state index is -4.15. The zero-order valence-corrected chi connectivity index (χ0v) is 20.5. The summed E-state index contributed by atoms with van der Waals surface area (Å²) in [6, 6.07) is 10.0. The molecule has 36 heavy (non-hydrogen) atoms. The molecule has 0 atom stereocenters. The number of benzene rings is 2. The first-order valence-corrected chi connectivity index (χ1v) is 13.0. The Kier molecular flexibility index (Phi) is 6.20. The molecule has 0 unspecified atom stereocenters. The summed E-state index contributed by atoms with van der Waals surface area (Å²) in [5.74, 6) is -0.359. The van der Waals surface area contributed by atoms with Crippen LogP contribution in [0.3, 0.4) is 0 Å². The van der Waals surface area contributed by atoms with Crippen molar-refractivity contribution >= 4 is 61.5 Å². The van der Waals surface area contributed by atoms with Crippen LogP contribution in [0.2, 0.25) is 4.34 Å². The van der Waals surface area contributed by atoms with E-state index in [9.17, 15) is 22.4 Å². The molecule has 0 saturated heterocycles. The number of thiophene rings is 1. The van der Waals surface area contributed by atoms with Crippen molar-refractivity contribution in [3.05, 3.63) is 80.9 Å². The number of aliphatic imine (C=N–C) groups is 1. The second-order valence-corrected chi connectivity index (χ2v) is 11.1. The van der Waals surface area contributed by atoms with Crippen molar-refractivity contribution in [3.63, 3.8) is 0 Å². The number of anilines is 1. The van der Waals surface area contributed by atoms with E-state index in [-0.39, 0.29) is 25.3 Å². The van der Waals surface area contributed by atoms with Crippen molar-refractivity contribution < 1.29 is 22.3 Å². The number of amides is 2. The Labute approximate surface area is 212 Å². The highest BCUT2D eigenvalue weighted by Gasteiger charge is 2.20. The van der Waals surface area contributed by atoms with Gasteiger partial charge in [-0.15, -0.1) is 11.3 Å². The van der Waals surface area contributed by atoms with Crippen LogP contribution in [0.5, 0.6) is 0 Å². The zero-order valence-electron chi connectivity index (χ0n) is 18.1. The number of nitrogens with zero attached hydrogens (tertiary/aromatic N) is 3. The van der Waals surface area contributed by atoms with Gasteiger partial charge in [-0.05, 0) is 48.5 Å². The van der Waals surface area contributed by atoms with Crippen molar-refractivity contribution in [1.29, 1.82) is 0 Å². The van der Waals surface area contributed by atoms with Gasteiger partial charge in [-0.3, -0.25) is 9.36 Å². The second-order valence-electron chi connectivity index (χ2n) is 7.47. The van der Waals surface area contributed by atoms with Crippen LogP contribution in [-0.4, -0.2) is 43.0 Å². The van der Waals surface area contributed by atoms with Gasteiger partial charge in [-0.25, -0.2) is 32.3 Å². The molecule has 0 spiro atoms. The molecule has 1 aliphatic heterocycles. The van der Waals surface area contributed by atoms with E-state index in [1.54, 1.807) is 18.2 Å². The third-order valence-electron chi connectivity index (χ3n) is 5.10. The lowest BCUT2D eigenvalue weighted by Crippen LogP contribution is -2.34. The average molecular weight is 548 g/mol. The Morgan fingerprint density at radius 1 is 1.17 bits per heavy atom. The predicted octanol–water partition coefficient (Wildman–Crippen LogP) is 3.53. The van der Waals surface area contributed by atoms with E-state index in [2.05, 4.69) is 15.3 Å². The normalized spacial score (nSPS) is 13.3. The summed E-state index contributed by atoms with van der Waals surface area (Å²) in [5.41, 5.74) is 0.453. The Balaban J connectivity index is 1.37. The first-order chi connectivity index (χ1) is 17.2. The molecule has 1 aliphatic rings. The number of carbonyl (C=O) groups excluding carboxylic acids is 1. The highest BCUT2D eigenvalue weighted by atomic mass is 35.5. The molecule has 0 saturated carbocycles. The average Bonchev–Trinajstić information content (AvgIpc) is 3.52. The molecule has 0 bridgehead atoms. The largest absolute Gasteiger partial charge is 0.476 e. The van der Waals surface area contributed by atoms with Gasteiger partial charge in [0, 0.05) is 11.3 Å². The third kappa shape index (κ3) is 4.67. The fourth-order valence-electron chi connectivity index (χ4n) is 3.49. The summed E-state index contributed by atoms with van der Waals surface area (Å²) in [6.45, 7) is 1.06. The quantitative estimate of drug-likeness (QED) is 0.393. The lowest BCUT2D eigenvalue weighted by Gasteiger charge is -2.11. The van der Waals surface area contributed by atoms with Gasteiger partial charge in [0.25, 0.3) is 15.6 Å². The lowest BCUT2D eigenvalue weighted by atomic mass is 10.1. The molecule has 4 aromatic rings. The van der Waals surface area contributed by atoms with E-state index in [1.165, 1.54) is 30.6 Å². The topological polar surface area (TPSA) is 132 Å². The maximum atomic E-state index is 14.9. The maximum absolute atomic E-state index is 14.9. The van der Waals surface area contributed by atoms with Crippen LogP contribution in [0, 0.1) is 5.82 Å². The number of aromatic nitrogens is 2. The number of nitrogens with one attached hydrogen (secondary N) is 2. The van der Waals surface area contributed by atoms with Gasteiger partial charge in [0.15, 0.2) is 0 Å². The maximum Gasteiger partial charge on any atom is 0.333 e. The molecule has 5 rings (SSSR count). The number of hydrogen-bond donors (Lipinski definition) is 2. The minimum absolute atomic E-state index is 0.0306. The monoisotopic (exact) mass is 547 g/mol. The number of rotatable bonds is 5. The van der Waals surface area contributed by atoms with E-state index in [0.29, 0.717) is 30.1 Å². The van der Waals surface area contributed by atoms with E-state index in [0.717, 1.165) is 22.0 Å². The molecule has 2 amide bonds. The lowest BCUT2D eigenvalue weighted by molar-refractivity contribution is 0.256. The number of ether oxygens (including phenoxy) is 1. The molecule has 2 aromatic carbocycles. The molecule has 2 N–H and O–H groups in total. The summed E-state index contributed by atoms with van der Waals surface area (Å²) in [6.07, 6.45) is 1.20. The van der Waals surface area contributed by atoms with Crippen molar-refractivity contribution in [2.45, 2.75) is 4.21 Å². The van der Waals surface area contributed by atoms with Gasteiger partial charge in [0.05, 0.1) is 27.5 Å².